The van der Waals surface area contributed by atoms with Gasteiger partial charge in [0, 0.05) is 0 Å². The van der Waals surface area contributed by atoms with Crippen LogP contribution < -0.4 is 11.2 Å². The van der Waals surface area contributed by atoms with E-state index in [0.29, 0.717) is 6.54 Å². The van der Waals surface area contributed by atoms with Gasteiger partial charge in [-0.1, -0.05) is 24.3 Å². The highest BCUT2D eigenvalue weighted by Gasteiger charge is 2.33. The maximum Gasteiger partial charge on any atom is 0.491 e. The third-order valence-electron chi connectivity index (χ3n) is 2.57. The molecule has 0 bridgehead atoms. The summed E-state index contributed by atoms with van der Waals surface area (Å²) in [6, 6.07) is 7.79. The van der Waals surface area contributed by atoms with E-state index in [2.05, 4.69) is 0 Å². The smallest absolute Gasteiger partial charge is 0.423 e. The van der Waals surface area contributed by atoms with Crippen LogP contribution in [0.2, 0.25) is 0 Å². The summed E-state index contributed by atoms with van der Waals surface area (Å²) in [6.45, 7) is 0.665. The van der Waals surface area contributed by atoms with Crippen LogP contribution in [0.5, 0.6) is 0 Å². The van der Waals surface area contributed by atoms with Gasteiger partial charge in [-0.15, -0.1) is 0 Å². The Morgan fingerprint density at radius 3 is 3.00 bits per heavy atom. The zero-order valence-corrected chi connectivity index (χ0v) is 8.02. The molecule has 1 unspecified atom stereocenters. The lowest BCUT2D eigenvalue weighted by atomic mass is 9.79. The topological polar surface area (TPSA) is 55.5 Å². The highest BCUT2D eigenvalue weighted by Crippen LogP contribution is 2.26. The van der Waals surface area contributed by atoms with Gasteiger partial charge in [0.15, 0.2) is 0 Å². The van der Waals surface area contributed by atoms with Gasteiger partial charge in [-0.3, -0.25) is 0 Å². The third kappa shape index (κ3) is 1.69. The summed E-state index contributed by atoms with van der Waals surface area (Å²) in [5.74, 6) is 0. The fourth-order valence-corrected chi connectivity index (χ4v) is 1.86. The van der Waals surface area contributed by atoms with E-state index in [9.17, 15) is 5.02 Å². The van der Waals surface area contributed by atoms with E-state index in [1.165, 1.54) is 0 Å². The van der Waals surface area contributed by atoms with E-state index in [0.717, 1.165) is 23.9 Å². The Bertz CT molecular complexity index is 319. The first-order valence-electron chi connectivity index (χ1n) is 4.95. The molecule has 1 aromatic carbocycles. The van der Waals surface area contributed by atoms with Crippen LogP contribution in [0.3, 0.4) is 0 Å². The average Bonchev–Trinajstić information content (AvgIpc) is 2.54. The second kappa shape index (κ2) is 4.13. The Morgan fingerprint density at radius 2 is 2.21 bits per heavy atom. The summed E-state index contributed by atoms with van der Waals surface area (Å²) in [4.78, 5) is 0. The van der Waals surface area contributed by atoms with Crippen LogP contribution in [-0.4, -0.2) is 18.7 Å². The zero-order valence-electron chi connectivity index (χ0n) is 8.02. The summed E-state index contributed by atoms with van der Waals surface area (Å²) in [5, 5.41) is 9.60. The van der Waals surface area contributed by atoms with Crippen molar-refractivity contribution < 1.29 is 9.68 Å². The van der Waals surface area contributed by atoms with E-state index in [1.54, 1.807) is 0 Å². The lowest BCUT2D eigenvalue weighted by molar-refractivity contribution is 0.179. The summed E-state index contributed by atoms with van der Waals surface area (Å²) < 4.78 is 5.43. The quantitative estimate of drug-likeness (QED) is 0.670. The van der Waals surface area contributed by atoms with E-state index in [1.807, 2.05) is 24.3 Å². The molecule has 0 spiro atoms. The van der Waals surface area contributed by atoms with Crippen molar-refractivity contribution in [3.8, 4) is 0 Å². The molecule has 0 amide bonds. The van der Waals surface area contributed by atoms with Crippen molar-refractivity contribution >= 4 is 12.6 Å². The molecule has 1 atom stereocenters. The van der Waals surface area contributed by atoms with Gasteiger partial charge in [-0.25, -0.2) is 0 Å². The van der Waals surface area contributed by atoms with Crippen molar-refractivity contribution in [2.24, 2.45) is 5.73 Å². The fourth-order valence-electron chi connectivity index (χ4n) is 1.86. The summed E-state index contributed by atoms with van der Waals surface area (Å²) in [5.41, 5.74) is 7.45. The second-order valence-corrected chi connectivity index (χ2v) is 3.54. The van der Waals surface area contributed by atoms with Crippen LogP contribution in [0, 0.1) is 0 Å². The van der Waals surface area contributed by atoms with Gasteiger partial charge < -0.3 is 15.4 Å². The van der Waals surface area contributed by atoms with Gasteiger partial charge in [-0.2, -0.15) is 0 Å². The lowest BCUT2D eigenvalue weighted by Crippen LogP contribution is -2.27. The number of rotatable bonds is 3. The molecular weight excluding hydrogens is 177 g/mol. The average molecular weight is 191 g/mol. The Balaban J connectivity index is 2.17. The molecule has 0 aromatic heterocycles. The van der Waals surface area contributed by atoms with Crippen molar-refractivity contribution in [2.45, 2.75) is 18.9 Å². The molecule has 0 fully saturated rings. The third-order valence-corrected chi connectivity index (χ3v) is 2.57. The molecule has 0 aliphatic carbocycles. The molecule has 4 heteroatoms. The Morgan fingerprint density at radius 1 is 1.43 bits per heavy atom. The molecule has 0 saturated carbocycles. The van der Waals surface area contributed by atoms with E-state index in [-0.39, 0.29) is 6.10 Å². The van der Waals surface area contributed by atoms with Crippen LogP contribution in [0.15, 0.2) is 24.3 Å². The number of hydrogen-bond donors (Lipinski definition) is 2. The monoisotopic (exact) mass is 191 g/mol. The summed E-state index contributed by atoms with van der Waals surface area (Å²) in [7, 11) is -0.756. The minimum Gasteiger partial charge on any atom is -0.423 e. The predicted octanol–water partition coefficient (Wildman–Crippen LogP) is 0.184. The molecule has 0 radical (unpaired) electrons. The standard InChI is InChI=1S/C10H14BNO2/c12-7-3-6-10-8-4-1-2-5-9(8)11(13)14-10/h1-2,4-5,10,13H,3,6-7,12H2. The molecule has 2 rings (SSSR count). The van der Waals surface area contributed by atoms with Crippen molar-refractivity contribution in [1.29, 1.82) is 0 Å². The van der Waals surface area contributed by atoms with Gasteiger partial charge in [-0.05, 0) is 30.4 Å². The molecule has 1 aromatic rings. The van der Waals surface area contributed by atoms with Gasteiger partial charge in [0.1, 0.15) is 0 Å². The van der Waals surface area contributed by atoms with Crippen molar-refractivity contribution in [2.75, 3.05) is 6.54 Å². The molecule has 1 aliphatic rings. The normalized spacial score (nSPS) is 19.9. The number of benzene rings is 1. The molecule has 1 heterocycles. The zero-order chi connectivity index (χ0) is 9.97. The van der Waals surface area contributed by atoms with Crippen LogP contribution in [0.4, 0.5) is 0 Å². The highest BCUT2D eigenvalue weighted by molar-refractivity contribution is 6.61. The van der Waals surface area contributed by atoms with Crippen LogP contribution in [-0.2, 0) is 4.65 Å². The lowest BCUT2D eigenvalue weighted by Gasteiger charge is -2.10. The molecule has 0 saturated heterocycles. The van der Waals surface area contributed by atoms with Crippen LogP contribution in [0.1, 0.15) is 24.5 Å². The number of fused-ring (bicyclic) bond motifs is 1. The van der Waals surface area contributed by atoms with Crippen molar-refractivity contribution in [3.05, 3.63) is 29.8 Å². The molecule has 3 nitrogen and oxygen atoms in total. The van der Waals surface area contributed by atoms with E-state index >= 15 is 0 Å². The van der Waals surface area contributed by atoms with Gasteiger partial charge in [0.05, 0.1) is 6.10 Å². The minimum atomic E-state index is -0.756. The van der Waals surface area contributed by atoms with Gasteiger partial charge in [0.25, 0.3) is 0 Å². The molecule has 14 heavy (non-hydrogen) atoms. The van der Waals surface area contributed by atoms with Gasteiger partial charge >= 0.3 is 7.12 Å². The van der Waals surface area contributed by atoms with Crippen LogP contribution in [0.25, 0.3) is 0 Å². The Labute approximate surface area is 84.0 Å². The number of hydrogen-bond acceptors (Lipinski definition) is 3. The second-order valence-electron chi connectivity index (χ2n) is 3.54. The maximum atomic E-state index is 9.60. The molecule has 3 N–H and O–H groups in total. The Hall–Kier alpha value is -0.835. The van der Waals surface area contributed by atoms with Crippen molar-refractivity contribution in [3.63, 3.8) is 0 Å². The largest absolute Gasteiger partial charge is 0.491 e. The minimum absolute atomic E-state index is 0.0183. The van der Waals surface area contributed by atoms with Crippen LogP contribution >= 0.6 is 0 Å². The summed E-state index contributed by atoms with van der Waals surface area (Å²) in [6.07, 6.45) is 1.82. The first-order valence-corrected chi connectivity index (χ1v) is 4.95. The fraction of sp³-hybridized carbons (Fsp3) is 0.400. The van der Waals surface area contributed by atoms with Crippen molar-refractivity contribution in [1.82, 2.24) is 0 Å². The Kier molecular flexibility index (Phi) is 2.86. The highest BCUT2D eigenvalue weighted by atomic mass is 16.5. The maximum absolute atomic E-state index is 9.60. The number of nitrogens with two attached hydrogens (primary N) is 1. The SMILES string of the molecule is NCCCC1OB(O)c2ccccc21. The first-order chi connectivity index (χ1) is 6.83. The predicted molar refractivity (Wildman–Crippen MR) is 56.2 cm³/mol. The van der Waals surface area contributed by atoms with E-state index in [4.69, 9.17) is 10.4 Å². The van der Waals surface area contributed by atoms with Gasteiger partial charge in [0.2, 0.25) is 0 Å². The molecule has 1 aliphatic heterocycles. The molecule has 74 valence electrons. The molecular formula is C10H14BNO2. The van der Waals surface area contributed by atoms with E-state index < -0.39 is 7.12 Å². The first kappa shape index (κ1) is 9.71. The summed E-state index contributed by atoms with van der Waals surface area (Å²) >= 11 is 0.